The Bertz CT molecular complexity index is 968. The molecule has 0 aliphatic heterocycles. The minimum Gasteiger partial charge on any atom is -0.497 e. The third-order valence-corrected chi connectivity index (χ3v) is 4.00. The summed E-state index contributed by atoms with van der Waals surface area (Å²) in [5.41, 5.74) is 2.80. The van der Waals surface area contributed by atoms with Crippen LogP contribution < -0.4 is 15.4 Å². The van der Waals surface area contributed by atoms with Crippen LogP contribution in [0.5, 0.6) is 5.75 Å². The second kappa shape index (κ2) is 8.14. The Balaban J connectivity index is 1.73. The number of benzene rings is 2. The van der Waals surface area contributed by atoms with E-state index in [2.05, 4.69) is 15.6 Å². The number of amides is 2. The Morgan fingerprint density at radius 3 is 2.37 bits per heavy atom. The quantitative estimate of drug-likeness (QED) is 0.722. The summed E-state index contributed by atoms with van der Waals surface area (Å²) >= 11 is 0. The lowest BCUT2D eigenvalue weighted by atomic mass is 10.1. The summed E-state index contributed by atoms with van der Waals surface area (Å²) in [6.07, 6.45) is 1.44. The van der Waals surface area contributed by atoms with Crippen LogP contribution in [0.25, 0.3) is 0 Å². The number of hydrogen-bond acceptors (Lipinski definition) is 4. The molecule has 0 bridgehead atoms. The van der Waals surface area contributed by atoms with E-state index in [1.165, 1.54) is 12.3 Å². The van der Waals surface area contributed by atoms with Crippen molar-refractivity contribution < 1.29 is 14.3 Å². The lowest BCUT2D eigenvalue weighted by Gasteiger charge is -2.09. The number of carbonyl (C=O) groups is 2. The van der Waals surface area contributed by atoms with Crippen LogP contribution in [0.3, 0.4) is 0 Å². The van der Waals surface area contributed by atoms with Crippen LogP contribution in [0.4, 0.5) is 11.4 Å². The van der Waals surface area contributed by atoms with Crippen molar-refractivity contribution in [2.45, 2.75) is 6.92 Å². The van der Waals surface area contributed by atoms with Gasteiger partial charge in [-0.1, -0.05) is 18.2 Å². The zero-order chi connectivity index (χ0) is 19.2. The molecule has 0 saturated carbocycles. The van der Waals surface area contributed by atoms with Crippen molar-refractivity contribution in [1.29, 1.82) is 0 Å². The van der Waals surface area contributed by atoms with Gasteiger partial charge in [-0.15, -0.1) is 0 Å². The molecule has 1 aromatic heterocycles. The molecule has 3 aromatic rings. The molecular weight excluding hydrogens is 342 g/mol. The monoisotopic (exact) mass is 361 g/mol. The molecule has 0 radical (unpaired) electrons. The van der Waals surface area contributed by atoms with Gasteiger partial charge in [0.1, 0.15) is 11.4 Å². The molecule has 0 atom stereocenters. The molecular formula is C21H19N3O3. The topological polar surface area (TPSA) is 80.3 Å². The van der Waals surface area contributed by atoms with Gasteiger partial charge in [-0.3, -0.25) is 14.6 Å². The summed E-state index contributed by atoms with van der Waals surface area (Å²) in [4.78, 5) is 29.0. The SMILES string of the molecule is COc1ccc(NC(=O)c2cc(C(=O)Nc3ccccc3C)ccn2)cc1. The van der Waals surface area contributed by atoms with Crippen LogP contribution in [-0.2, 0) is 0 Å². The molecule has 0 fully saturated rings. The van der Waals surface area contributed by atoms with Crippen LogP contribution in [0.15, 0.2) is 66.9 Å². The first-order valence-electron chi connectivity index (χ1n) is 8.35. The van der Waals surface area contributed by atoms with Crippen molar-refractivity contribution >= 4 is 23.2 Å². The van der Waals surface area contributed by atoms with E-state index >= 15 is 0 Å². The first-order valence-corrected chi connectivity index (χ1v) is 8.35. The van der Waals surface area contributed by atoms with Crippen molar-refractivity contribution in [2.75, 3.05) is 17.7 Å². The van der Waals surface area contributed by atoms with E-state index < -0.39 is 5.91 Å². The van der Waals surface area contributed by atoms with E-state index in [1.54, 1.807) is 37.4 Å². The van der Waals surface area contributed by atoms with Crippen molar-refractivity contribution in [2.24, 2.45) is 0 Å². The molecule has 2 amide bonds. The second-order valence-corrected chi connectivity index (χ2v) is 5.88. The van der Waals surface area contributed by atoms with E-state index in [9.17, 15) is 9.59 Å². The number of hydrogen-bond donors (Lipinski definition) is 2. The largest absolute Gasteiger partial charge is 0.497 e. The van der Waals surface area contributed by atoms with Crippen LogP contribution in [-0.4, -0.2) is 23.9 Å². The van der Waals surface area contributed by atoms with Gasteiger partial charge in [0.05, 0.1) is 7.11 Å². The van der Waals surface area contributed by atoms with Gasteiger partial charge in [-0.2, -0.15) is 0 Å². The van der Waals surface area contributed by atoms with E-state index in [-0.39, 0.29) is 11.6 Å². The number of carbonyl (C=O) groups excluding carboxylic acids is 2. The van der Waals surface area contributed by atoms with Crippen LogP contribution in [0, 0.1) is 6.92 Å². The summed E-state index contributed by atoms with van der Waals surface area (Å²) in [6.45, 7) is 1.91. The van der Waals surface area contributed by atoms with Gasteiger partial charge in [0.2, 0.25) is 0 Å². The van der Waals surface area contributed by atoms with Gasteiger partial charge >= 0.3 is 0 Å². The van der Waals surface area contributed by atoms with Gasteiger partial charge in [0, 0.05) is 23.1 Å². The van der Waals surface area contributed by atoms with Crippen molar-refractivity contribution in [3.63, 3.8) is 0 Å². The van der Waals surface area contributed by atoms with E-state index in [0.717, 1.165) is 11.3 Å². The van der Waals surface area contributed by atoms with Gasteiger partial charge in [0.15, 0.2) is 0 Å². The summed E-state index contributed by atoms with van der Waals surface area (Å²) in [5.74, 6) is -0.00287. The summed E-state index contributed by atoms with van der Waals surface area (Å²) in [7, 11) is 1.57. The number of anilines is 2. The maximum Gasteiger partial charge on any atom is 0.274 e. The average Bonchev–Trinajstić information content (AvgIpc) is 2.70. The molecule has 0 spiro atoms. The third kappa shape index (κ3) is 4.49. The Morgan fingerprint density at radius 1 is 0.926 bits per heavy atom. The minimum atomic E-state index is -0.397. The molecule has 0 saturated heterocycles. The first-order chi connectivity index (χ1) is 13.1. The zero-order valence-corrected chi connectivity index (χ0v) is 15.0. The Kier molecular flexibility index (Phi) is 5.47. The molecule has 136 valence electrons. The molecule has 0 unspecified atom stereocenters. The molecule has 0 aliphatic carbocycles. The predicted molar refractivity (Wildman–Crippen MR) is 104 cm³/mol. The number of aromatic nitrogens is 1. The molecule has 1 heterocycles. The molecule has 0 aliphatic rings. The number of nitrogens with zero attached hydrogens (tertiary/aromatic N) is 1. The standard InChI is InChI=1S/C21H19N3O3/c1-14-5-3-4-6-18(14)24-20(25)15-11-12-22-19(13-15)21(26)23-16-7-9-17(27-2)10-8-16/h3-13H,1-2H3,(H,23,26)(H,24,25). The van der Waals surface area contributed by atoms with E-state index in [4.69, 9.17) is 4.74 Å². The Hall–Kier alpha value is -3.67. The maximum absolute atomic E-state index is 12.5. The maximum atomic E-state index is 12.5. The highest BCUT2D eigenvalue weighted by Gasteiger charge is 2.13. The number of nitrogens with one attached hydrogen (secondary N) is 2. The average molecular weight is 361 g/mol. The molecule has 6 nitrogen and oxygen atoms in total. The third-order valence-electron chi connectivity index (χ3n) is 4.00. The van der Waals surface area contributed by atoms with Gasteiger partial charge < -0.3 is 15.4 Å². The lowest BCUT2D eigenvalue weighted by molar-refractivity contribution is 0.102. The number of rotatable bonds is 5. The van der Waals surface area contributed by atoms with Crippen molar-refractivity contribution in [1.82, 2.24) is 4.98 Å². The molecule has 27 heavy (non-hydrogen) atoms. The fourth-order valence-electron chi connectivity index (χ4n) is 2.47. The number of methoxy groups -OCH3 is 1. The Morgan fingerprint density at radius 2 is 1.67 bits per heavy atom. The highest BCUT2D eigenvalue weighted by atomic mass is 16.5. The first kappa shape index (κ1) is 18.1. The Labute approximate surface area is 157 Å². The molecule has 2 aromatic carbocycles. The minimum absolute atomic E-state index is 0.156. The normalized spacial score (nSPS) is 10.1. The van der Waals surface area contributed by atoms with E-state index in [1.807, 2.05) is 31.2 Å². The van der Waals surface area contributed by atoms with Crippen molar-refractivity contribution in [3.05, 3.63) is 83.7 Å². The molecule has 6 heteroatoms. The highest BCUT2D eigenvalue weighted by molar-refractivity contribution is 6.08. The van der Waals surface area contributed by atoms with Crippen molar-refractivity contribution in [3.8, 4) is 5.75 Å². The fourth-order valence-corrected chi connectivity index (χ4v) is 2.47. The van der Waals surface area contributed by atoms with E-state index in [0.29, 0.717) is 17.0 Å². The fraction of sp³-hybridized carbons (Fsp3) is 0.0952. The van der Waals surface area contributed by atoms with Gasteiger partial charge in [-0.05, 0) is 55.0 Å². The summed E-state index contributed by atoms with van der Waals surface area (Å²) in [6, 6.07) is 17.5. The summed E-state index contributed by atoms with van der Waals surface area (Å²) < 4.78 is 5.09. The lowest BCUT2D eigenvalue weighted by Crippen LogP contribution is -2.17. The van der Waals surface area contributed by atoms with Crippen LogP contribution in [0.1, 0.15) is 26.4 Å². The molecule has 2 N–H and O–H groups in total. The summed E-state index contributed by atoms with van der Waals surface area (Å²) in [5, 5.41) is 5.59. The zero-order valence-electron chi connectivity index (χ0n) is 15.0. The van der Waals surface area contributed by atoms with Gasteiger partial charge in [-0.25, -0.2) is 0 Å². The van der Waals surface area contributed by atoms with Gasteiger partial charge in [0.25, 0.3) is 11.8 Å². The number of aryl methyl sites for hydroxylation is 1. The van der Waals surface area contributed by atoms with Crippen LogP contribution >= 0.6 is 0 Å². The number of para-hydroxylation sites is 1. The van der Waals surface area contributed by atoms with Crippen LogP contribution in [0.2, 0.25) is 0 Å². The predicted octanol–water partition coefficient (Wildman–Crippen LogP) is 3.90. The number of pyridine rings is 1. The molecule has 3 rings (SSSR count). The number of ether oxygens (including phenoxy) is 1. The highest BCUT2D eigenvalue weighted by Crippen LogP contribution is 2.17. The smallest absolute Gasteiger partial charge is 0.274 e. The second-order valence-electron chi connectivity index (χ2n) is 5.88.